The van der Waals surface area contributed by atoms with Gasteiger partial charge in [-0.1, -0.05) is 18.2 Å². The minimum atomic E-state index is 0.00000903. The third-order valence-corrected chi connectivity index (χ3v) is 5.23. The Morgan fingerprint density at radius 3 is 2.93 bits per heavy atom. The van der Waals surface area contributed by atoms with Crippen LogP contribution in [0.1, 0.15) is 29.8 Å². The highest BCUT2D eigenvalue weighted by atomic mass is 16.5. The number of aromatic amines is 1. The summed E-state index contributed by atoms with van der Waals surface area (Å²) in [6, 6.07) is 11.9. The number of para-hydroxylation sites is 1. The number of H-pyrrole nitrogens is 1. The normalized spacial score (nSPS) is 16.8. The molecule has 1 N–H and O–H groups in total. The van der Waals surface area contributed by atoms with Crippen LogP contribution in [0.5, 0.6) is 5.88 Å². The Morgan fingerprint density at radius 1 is 1.26 bits per heavy atom. The van der Waals surface area contributed by atoms with Crippen molar-refractivity contribution in [2.24, 2.45) is 0 Å². The Bertz CT molecular complexity index is 946. The van der Waals surface area contributed by atoms with E-state index in [-0.39, 0.29) is 12.0 Å². The number of rotatable bonds is 5. The zero-order chi connectivity index (χ0) is 18.8. The van der Waals surface area contributed by atoms with Gasteiger partial charge in [0.05, 0.1) is 17.8 Å². The maximum Gasteiger partial charge on any atom is 0.223 e. The Labute approximate surface area is 158 Å². The van der Waals surface area contributed by atoms with Gasteiger partial charge < -0.3 is 9.64 Å². The lowest BCUT2D eigenvalue weighted by Gasteiger charge is -2.17. The third kappa shape index (κ3) is 3.79. The number of nitrogens with one attached hydrogen (secondary N) is 1. The summed E-state index contributed by atoms with van der Waals surface area (Å²) in [5.41, 5.74) is 4.10. The molecule has 1 aliphatic heterocycles. The SMILES string of the molecule is Cc1n[nH]c(C)c1CCC(=O)N1CCC(Oc2ccc3ccccc3n2)C1. The predicted octanol–water partition coefficient (Wildman–Crippen LogP) is 3.19. The van der Waals surface area contributed by atoms with Crippen LogP contribution in [0.25, 0.3) is 10.9 Å². The minimum Gasteiger partial charge on any atom is -0.472 e. The summed E-state index contributed by atoms with van der Waals surface area (Å²) < 4.78 is 6.03. The number of amides is 1. The lowest BCUT2D eigenvalue weighted by Crippen LogP contribution is -2.31. The summed E-state index contributed by atoms with van der Waals surface area (Å²) in [5, 5.41) is 8.27. The first kappa shape index (κ1) is 17.5. The van der Waals surface area contributed by atoms with Crippen LogP contribution in [0.2, 0.25) is 0 Å². The van der Waals surface area contributed by atoms with Crippen molar-refractivity contribution in [3.05, 3.63) is 53.3 Å². The zero-order valence-electron chi connectivity index (χ0n) is 15.7. The molecule has 4 rings (SSSR count). The molecule has 140 valence electrons. The van der Waals surface area contributed by atoms with Gasteiger partial charge in [-0.15, -0.1) is 0 Å². The summed E-state index contributed by atoms with van der Waals surface area (Å²) in [4.78, 5) is 19.0. The van der Waals surface area contributed by atoms with Crippen LogP contribution in [-0.2, 0) is 11.2 Å². The molecule has 1 atom stereocenters. The van der Waals surface area contributed by atoms with E-state index in [1.54, 1.807) is 0 Å². The van der Waals surface area contributed by atoms with Gasteiger partial charge in [0, 0.05) is 36.5 Å². The van der Waals surface area contributed by atoms with Crippen molar-refractivity contribution in [3.8, 4) is 5.88 Å². The van der Waals surface area contributed by atoms with Crippen LogP contribution < -0.4 is 4.74 Å². The lowest BCUT2D eigenvalue weighted by atomic mass is 10.1. The number of pyridine rings is 1. The molecule has 0 aliphatic carbocycles. The summed E-state index contributed by atoms with van der Waals surface area (Å²) >= 11 is 0. The van der Waals surface area contributed by atoms with Gasteiger partial charge >= 0.3 is 0 Å². The summed E-state index contributed by atoms with van der Waals surface area (Å²) in [6.07, 6.45) is 2.06. The number of fused-ring (bicyclic) bond motifs is 1. The van der Waals surface area contributed by atoms with Gasteiger partial charge in [-0.2, -0.15) is 5.10 Å². The molecular weight excluding hydrogens is 340 g/mol. The fourth-order valence-corrected chi connectivity index (χ4v) is 3.67. The first-order chi connectivity index (χ1) is 13.1. The number of likely N-dealkylation sites (tertiary alicyclic amines) is 1. The highest BCUT2D eigenvalue weighted by Crippen LogP contribution is 2.21. The second kappa shape index (κ2) is 7.39. The van der Waals surface area contributed by atoms with Gasteiger partial charge in [-0.3, -0.25) is 9.89 Å². The van der Waals surface area contributed by atoms with Crippen LogP contribution in [0.15, 0.2) is 36.4 Å². The predicted molar refractivity (Wildman–Crippen MR) is 104 cm³/mol. The Kier molecular flexibility index (Phi) is 4.79. The van der Waals surface area contributed by atoms with E-state index in [0.717, 1.165) is 47.2 Å². The molecular formula is C21H24N4O2. The Morgan fingerprint density at radius 2 is 2.11 bits per heavy atom. The second-order valence-electron chi connectivity index (χ2n) is 7.12. The molecule has 1 unspecified atom stereocenters. The first-order valence-corrected chi connectivity index (χ1v) is 9.41. The van der Waals surface area contributed by atoms with E-state index < -0.39 is 0 Å². The van der Waals surface area contributed by atoms with E-state index in [9.17, 15) is 4.79 Å². The maximum absolute atomic E-state index is 12.6. The number of aromatic nitrogens is 3. The Balaban J connectivity index is 1.33. The largest absolute Gasteiger partial charge is 0.472 e. The van der Waals surface area contributed by atoms with E-state index in [1.165, 1.54) is 0 Å². The molecule has 27 heavy (non-hydrogen) atoms. The number of carbonyl (C=O) groups is 1. The lowest BCUT2D eigenvalue weighted by molar-refractivity contribution is -0.130. The zero-order valence-corrected chi connectivity index (χ0v) is 15.7. The molecule has 1 aromatic carbocycles. The van der Waals surface area contributed by atoms with Crippen LogP contribution in [-0.4, -0.2) is 45.2 Å². The van der Waals surface area contributed by atoms with E-state index in [0.29, 0.717) is 18.8 Å². The number of hydrogen-bond acceptors (Lipinski definition) is 4. The fourth-order valence-electron chi connectivity index (χ4n) is 3.67. The molecule has 0 saturated carbocycles. The number of carbonyl (C=O) groups excluding carboxylic acids is 1. The maximum atomic E-state index is 12.6. The fraction of sp³-hybridized carbons (Fsp3) is 0.381. The van der Waals surface area contributed by atoms with Gasteiger partial charge in [-0.05, 0) is 38.0 Å². The smallest absolute Gasteiger partial charge is 0.223 e. The molecule has 1 aliphatic rings. The molecule has 0 spiro atoms. The van der Waals surface area contributed by atoms with Crippen molar-refractivity contribution < 1.29 is 9.53 Å². The van der Waals surface area contributed by atoms with Crippen LogP contribution in [0, 0.1) is 13.8 Å². The number of benzene rings is 1. The first-order valence-electron chi connectivity index (χ1n) is 9.41. The standard InChI is InChI=1S/C21H24N4O2/c1-14-18(15(2)24-23-14)8-10-21(26)25-12-11-17(13-25)27-20-9-7-16-5-3-4-6-19(16)22-20/h3-7,9,17H,8,10-13H2,1-2H3,(H,23,24). The monoisotopic (exact) mass is 364 g/mol. The molecule has 3 heterocycles. The van der Waals surface area contributed by atoms with Gasteiger partial charge in [-0.25, -0.2) is 4.98 Å². The molecule has 1 amide bonds. The summed E-state index contributed by atoms with van der Waals surface area (Å²) in [5.74, 6) is 0.796. The van der Waals surface area contributed by atoms with Crippen LogP contribution >= 0.6 is 0 Å². The van der Waals surface area contributed by atoms with Crippen molar-refractivity contribution in [2.45, 2.75) is 39.2 Å². The number of nitrogens with zero attached hydrogens (tertiary/aromatic N) is 3. The van der Waals surface area contributed by atoms with Crippen molar-refractivity contribution in [3.63, 3.8) is 0 Å². The molecule has 6 heteroatoms. The molecule has 0 radical (unpaired) electrons. The van der Waals surface area contributed by atoms with E-state index >= 15 is 0 Å². The van der Waals surface area contributed by atoms with Crippen molar-refractivity contribution in [1.29, 1.82) is 0 Å². The van der Waals surface area contributed by atoms with Gasteiger partial charge in [0.15, 0.2) is 0 Å². The molecule has 0 bridgehead atoms. The van der Waals surface area contributed by atoms with Gasteiger partial charge in [0.1, 0.15) is 6.10 Å². The van der Waals surface area contributed by atoms with Crippen molar-refractivity contribution >= 4 is 16.8 Å². The van der Waals surface area contributed by atoms with Crippen LogP contribution in [0.4, 0.5) is 0 Å². The van der Waals surface area contributed by atoms with Crippen molar-refractivity contribution in [1.82, 2.24) is 20.1 Å². The van der Waals surface area contributed by atoms with E-state index in [1.807, 2.05) is 55.1 Å². The van der Waals surface area contributed by atoms with Gasteiger partial charge in [0.25, 0.3) is 0 Å². The quantitative estimate of drug-likeness (QED) is 0.755. The minimum absolute atomic E-state index is 0.00000903. The molecule has 6 nitrogen and oxygen atoms in total. The molecule has 1 fully saturated rings. The summed E-state index contributed by atoms with van der Waals surface area (Å²) in [6.45, 7) is 5.33. The number of aryl methyl sites for hydroxylation is 2. The molecule has 1 saturated heterocycles. The highest BCUT2D eigenvalue weighted by Gasteiger charge is 2.28. The van der Waals surface area contributed by atoms with Crippen LogP contribution in [0.3, 0.4) is 0 Å². The third-order valence-electron chi connectivity index (χ3n) is 5.23. The van der Waals surface area contributed by atoms with Gasteiger partial charge in [0.2, 0.25) is 11.8 Å². The highest BCUT2D eigenvalue weighted by molar-refractivity contribution is 5.79. The van der Waals surface area contributed by atoms with E-state index in [4.69, 9.17) is 4.74 Å². The average Bonchev–Trinajstić information content (AvgIpc) is 3.27. The summed E-state index contributed by atoms with van der Waals surface area (Å²) in [7, 11) is 0. The second-order valence-corrected chi connectivity index (χ2v) is 7.12. The van der Waals surface area contributed by atoms with Crippen molar-refractivity contribution in [2.75, 3.05) is 13.1 Å². The number of hydrogen-bond donors (Lipinski definition) is 1. The average molecular weight is 364 g/mol. The van der Waals surface area contributed by atoms with E-state index in [2.05, 4.69) is 15.2 Å². The topological polar surface area (TPSA) is 71.1 Å². The molecule has 2 aromatic heterocycles. The molecule has 3 aromatic rings. The Hall–Kier alpha value is -2.89. The number of ether oxygens (including phenoxy) is 1.